The van der Waals surface area contributed by atoms with Gasteiger partial charge in [0, 0.05) is 20.2 Å². The van der Waals surface area contributed by atoms with Crippen molar-refractivity contribution in [2.75, 3.05) is 7.11 Å². The van der Waals surface area contributed by atoms with Crippen LogP contribution in [-0.2, 0) is 11.8 Å². The van der Waals surface area contributed by atoms with Crippen LogP contribution in [0.5, 0.6) is 0 Å². The van der Waals surface area contributed by atoms with Gasteiger partial charge in [-0.15, -0.1) is 0 Å². The minimum absolute atomic E-state index is 0.0579. The molecule has 1 aliphatic rings. The van der Waals surface area contributed by atoms with Crippen LogP contribution >= 0.6 is 11.6 Å². The Morgan fingerprint density at radius 3 is 2.70 bits per heavy atom. The Bertz CT molecular complexity index is 685. The number of methoxy groups -OCH3 is 1. The number of ether oxygens (including phenoxy) is 1. The molecule has 0 bridgehead atoms. The molecule has 2 aromatic heterocycles. The third kappa shape index (κ3) is 2.13. The Balaban J connectivity index is 2.05. The minimum Gasteiger partial charge on any atom is -0.381 e. The van der Waals surface area contributed by atoms with Gasteiger partial charge in [0.1, 0.15) is 5.52 Å². The van der Waals surface area contributed by atoms with Crippen molar-refractivity contribution in [2.45, 2.75) is 37.8 Å². The van der Waals surface area contributed by atoms with Gasteiger partial charge < -0.3 is 4.74 Å². The van der Waals surface area contributed by atoms with Gasteiger partial charge in [-0.25, -0.2) is 9.78 Å². The number of aromatic nitrogens is 4. The lowest BCUT2D eigenvalue weighted by Gasteiger charge is -2.28. The molecule has 0 atom stereocenters. The molecule has 7 heteroatoms. The molecular formula is C13H17ClN4O2. The average Bonchev–Trinajstić information content (AvgIpc) is 2.71. The van der Waals surface area contributed by atoms with Crippen LogP contribution in [0.4, 0.5) is 0 Å². The molecule has 0 unspecified atom stereocenters. The van der Waals surface area contributed by atoms with E-state index in [1.54, 1.807) is 29.5 Å². The Kier molecular flexibility index (Phi) is 3.52. The maximum Gasteiger partial charge on any atom is 0.330 e. The normalized spacial score (nSPS) is 23.4. The molecule has 0 radical (unpaired) electrons. The number of imidazole rings is 1. The molecule has 0 N–H and O–H groups in total. The Morgan fingerprint density at radius 1 is 1.35 bits per heavy atom. The highest BCUT2D eigenvalue weighted by Crippen LogP contribution is 2.30. The minimum atomic E-state index is -0.0579. The summed E-state index contributed by atoms with van der Waals surface area (Å²) in [6.45, 7) is 0. The summed E-state index contributed by atoms with van der Waals surface area (Å²) in [6.07, 6.45) is 5.66. The second-order valence-corrected chi connectivity index (χ2v) is 5.56. The molecule has 2 heterocycles. The second kappa shape index (κ2) is 5.18. The second-order valence-electron chi connectivity index (χ2n) is 5.23. The van der Waals surface area contributed by atoms with Crippen molar-refractivity contribution in [1.29, 1.82) is 0 Å². The van der Waals surface area contributed by atoms with E-state index in [4.69, 9.17) is 16.3 Å². The van der Waals surface area contributed by atoms with E-state index >= 15 is 0 Å². The number of nitrogens with zero attached hydrogens (tertiary/aromatic N) is 4. The van der Waals surface area contributed by atoms with Gasteiger partial charge in [-0.3, -0.25) is 9.13 Å². The van der Waals surface area contributed by atoms with E-state index in [-0.39, 0.29) is 17.0 Å². The fourth-order valence-corrected chi connectivity index (χ4v) is 3.11. The standard InChI is InChI=1S/C13H17ClN4O2/c1-17-10-7-15-12(14)16-11(10)18(13(17)19)8-3-5-9(20-2)6-4-8/h7-9H,3-6H2,1-2H3/t8-,9+. The molecule has 0 spiro atoms. The zero-order valence-electron chi connectivity index (χ0n) is 11.5. The highest BCUT2D eigenvalue weighted by atomic mass is 35.5. The van der Waals surface area contributed by atoms with Gasteiger partial charge in [-0.05, 0) is 37.3 Å². The summed E-state index contributed by atoms with van der Waals surface area (Å²) in [5, 5.41) is 0.169. The molecule has 3 rings (SSSR count). The van der Waals surface area contributed by atoms with Crippen LogP contribution in [0, 0.1) is 0 Å². The molecule has 6 nitrogen and oxygen atoms in total. The fourth-order valence-electron chi connectivity index (χ4n) is 2.98. The predicted molar refractivity (Wildman–Crippen MR) is 76.1 cm³/mol. The summed E-state index contributed by atoms with van der Waals surface area (Å²) in [4.78, 5) is 20.6. The van der Waals surface area contributed by atoms with Crippen LogP contribution in [0.3, 0.4) is 0 Å². The van der Waals surface area contributed by atoms with Crippen LogP contribution in [0.1, 0.15) is 31.7 Å². The van der Waals surface area contributed by atoms with E-state index in [0.717, 1.165) is 25.7 Å². The topological polar surface area (TPSA) is 61.9 Å². The van der Waals surface area contributed by atoms with Crippen molar-refractivity contribution in [3.05, 3.63) is 22.0 Å². The molecule has 1 saturated carbocycles. The Hall–Kier alpha value is -1.40. The third-order valence-corrected chi connectivity index (χ3v) is 4.33. The van der Waals surface area contributed by atoms with E-state index in [1.165, 1.54) is 0 Å². The van der Waals surface area contributed by atoms with E-state index in [9.17, 15) is 4.79 Å². The number of hydrogen-bond acceptors (Lipinski definition) is 4. The fraction of sp³-hybridized carbons (Fsp3) is 0.615. The first-order chi connectivity index (χ1) is 9.61. The zero-order valence-corrected chi connectivity index (χ0v) is 12.3. The largest absolute Gasteiger partial charge is 0.381 e. The van der Waals surface area contributed by atoms with Crippen molar-refractivity contribution in [2.24, 2.45) is 7.05 Å². The molecule has 0 aromatic carbocycles. The van der Waals surface area contributed by atoms with Crippen LogP contribution < -0.4 is 5.69 Å². The third-order valence-electron chi connectivity index (χ3n) is 4.15. The first-order valence-corrected chi connectivity index (χ1v) is 7.12. The predicted octanol–water partition coefficient (Wildman–Crippen LogP) is 1.91. The summed E-state index contributed by atoms with van der Waals surface area (Å²) in [5.74, 6) is 0. The molecule has 0 aliphatic heterocycles. The summed E-state index contributed by atoms with van der Waals surface area (Å²) in [5.41, 5.74) is 1.28. The van der Waals surface area contributed by atoms with E-state index < -0.39 is 0 Å². The van der Waals surface area contributed by atoms with Crippen LogP contribution in [-0.4, -0.2) is 32.3 Å². The summed E-state index contributed by atoms with van der Waals surface area (Å²) >= 11 is 5.87. The summed E-state index contributed by atoms with van der Waals surface area (Å²) < 4.78 is 8.71. The van der Waals surface area contributed by atoms with Crippen molar-refractivity contribution in [3.8, 4) is 0 Å². The molecule has 1 fully saturated rings. The molecule has 0 saturated heterocycles. The van der Waals surface area contributed by atoms with Gasteiger partial charge in [0.2, 0.25) is 5.28 Å². The van der Waals surface area contributed by atoms with Crippen molar-refractivity contribution in [1.82, 2.24) is 19.1 Å². The average molecular weight is 297 g/mol. The number of hydrogen-bond donors (Lipinski definition) is 0. The molecular weight excluding hydrogens is 280 g/mol. The summed E-state index contributed by atoms with van der Waals surface area (Å²) in [6, 6.07) is 0.156. The van der Waals surface area contributed by atoms with Crippen molar-refractivity contribution in [3.63, 3.8) is 0 Å². The first kappa shape index (κ1) is 13.6. The van der Waals surface area contributed by atoms with Crippen molar-refractivity contribution < 1.29 is 4.74 Å². The zero-order chi connectivity index (χ0) is 14.3. The number of aryl methyl sites for hydroxylation is 1. The molecule has 0 amide bonds. The smallest absolute Gasteiger partial charge is 0.330 e. The van der Waals surface area contributed by atoms with Gasteiger partial charge in [-0.2, -0.15) is 4.98 Å². The first-order valence-electron chi connectivity index (χ1n) is 6.74. The SMILES string of the molecule is CO[C@H]1CC[C@@H](n2c(=O)n(C)c3cnc(Cl)nc32)CC1. The van der Waals surface area contributed by atoms with Crippen LogP contribution in [0.15, 0.2) is 11.0 Å². The Morgan fingerprint density at radius 2 is 2.05 bits per heavy atom. The van der Waals surface area contributed by atoms with E-state index in [1.807, 2.05) is 0 Å². The maximum atomic E-state index is 12.4. The monoisotopic (exact) mass is 296 g/mol. The quantitative estimate of drug-likeness (QED) is 0.794. The number of rotatable bonds is 2. The van der Waals surface area contributed by atoms with Crippen LogP contribution in [0.2, 0.25) is 5.28 Å². The maximum absolute atomic E-state index is 12.4. The molecule has 1 aliphatic carbocycles. The van der Waals surface area contributed by atoms with Gasteiger partial charge in [0.15, 0.2) is 5.65 Å². The van der Waals surface area contributed by atoms with Gasteiger partial charge in [-0.1, -0.05) is 0 Å². The van der Waals surface area contributed by atoms with Gasteiger partial charge >= 0.3 is 5.69 Å². The molecule has 2 aromatic rings. The highest BCUT2D eigenvalue weighted by molar-refractivity contribution is 6.28. The lowest BCUT2D eigenvalue weighted by atomic mass is 9.93. The summed E-state index contributed by atoms with van der Waals surface area (Å²) in [7, 11) is 3.47. The number of halogens is 1. The van der Waals surface area contributed by atoms with Crippen molar-refractivity contribution >= 4 is 22.8 Å². The van der Waals surface area contributed by atoms with Gasteiger partial charge in [0.25, 0.3) is 0 Å². The molecule has 108 valence electrons. The Labute approximate surface area is 121 Å². The molecule has 20 heavy (non-hydrogen) atoms. The van der Waals surface area contributed by atoms with E-state index in [0.29, 0.717) is 17.3 Å². The van der Waals surface area contributed by atoms with Crippen LogP contribution in [0.25, 0.3) is 11.2 Å². The number of fused-ring (bicyclic) bond motifs is 1. The lowest BCUT2D eigenvalue weighted by molar-refractivity contribution is 0.0584. The lowest BCUT2D eigenvalue weighted by Crippen LogP contribution is -2.30. The highest BCUT2D eigenvalue weighted by Gasteiger charge is 2.26. The van der Waals surface area contributed by atoms with Gasteiger partial charge in [0.05, 0.1) is 12.3 Å². The van der Waals surface area contributed by atoms with E-state index in [2.05, 4.69) is 9.97 Å².